The Balaban J connectivity index is 1.65. The van der Waals surface area contributed by atoms with Crippen LogP contribution in [0.1, 0.15) is 29.8 Å². The predicted molar refractivity (Wildman–Crippen MR) is 96.5 cm³/mol. The molecule has 2 aromatic rings. The van der Waals surface area contributed by atoms with Crippen molar-refractivity contribution in [2.75, 3.05) is 25.0 Å². The summed E-state index contributed by atoms with van der Waals surface area (Å²) in [6.45, 7) is 6.93. The minimum Gasteiger partial charge on any atom is -0.373 e. The van der Waals surface area contributed by atoms with E-state index in [0.29, 0.717) is 11.5 Å². The van der Waals surface area contributed by atoms with Gasteiger partial charge in [-0.2, -0.15) is 0 Å². The number of anilines is 1. The quantitative estimate of drug-likeness (QED) is 0.855. The summed E-state index contributed by atoms with van der Waals surface area (Å²) >= 11 is 0. The van der Waals surface area contributed by atoms with Crippen molar-refractivity contribution in [3.05, 3.63) is 53.9 Å². The lowest BCUT2D eigenvalue weighted by Gasteiger charge is -2.35. The molecule has 0 bridgehead atoms. The van der Waals surface area contributed by atoms with Crippen molar-refractivity contribution in [3.63, 3.8) is 0 Å². The maximum Gasteiger partial charge on any atom is 0.260 e. The highest BCUT2D eigenvalue weighted by atomic mass is 16.5. The third-order valence-corrected chi connectivity index (χ3v) is 4.26. The molecule has 0 spiro atoms. The summed E-state index contributed by atoms with van der Waals surface area (Å²) in [4.78, 5) is 24.6. The number of hydrogen-bond acceptors (Lipinski definition) is 5. The molecule has 132 valence electrons. The van der Waals surface area contributed by atoms with Gasteiger partial charge in [0.25, 0.3) is 5.91 Å². The van der Waals surface area contributed by atoms with Gasteiger partial charge in [-0.3, -0.25) is 14.6 Å². The Morgan fingerprint density at radius 3 is 2.36 bits per heavy atom. The van der Waals surface area contributed by atoms with E-state index in [4.69, 9.17) is 4.74 Å². The zero-order chi connectivity index (χ0) is 17.8. The molecule has 1 aromatic heterocycles. The van der Waals surface area contributed by atoms with Crippen LogP contribution in [-0.2, 0) is 11.3 Å². The molecule has 0 saturated carbocycles. The highest BCUT2D eigenvalue weighted by Gasteiger charge is 2.22. The van der Waals surface area contributed by atoms with Crippen LogP contribution >= 0.6 is 0 Å². The number of benzene rings is 1. The van der Waals surface area contributed by atoms with Gasteiger partial charge in [0.2, 0.25) is 5.95 Å². The number of hydrogen-bond donors (Lipinski definition) is 0. The smallest absolute Gasteiger partial charge is 0.260 e. The maximum atomic E-state index is 12.6. The van der Waals surface area contributed by atoms with Crippen LogP contribution in [-0.4, -0.2) is 53.1 Å². The number of aromatic nitrogens is 2. The van der Waals surface area contributed by atoms with Gasteiger partial charge in [-0.1, -0.05) is 12.1 Å². The van der Waals surface area contributed by atoms with Crippen LogP contribution < -0.4 is 4.90 Å². The van der Waals surface area contributed by atoms with Crippen molar-refractivity contribution in [2.45, 2.75) is 32.6 Å². The fourth-order valence-electron chi connectivity index (χ4n) is 3.17. The van der Waals surface area contributed by atoms with E-state index >= 15 is 0 Å². The van der Waals surface area contributed by atoms with Crippen LogP contribution in [0.2, 0.25) is 0 Å². The second-order valence-corrected chi connectivity index (χ2v) is 6.56. The number of carbonyl (C=O) groups excluding carboxylic acids is 1. The Hall–Kier alpha value is -2.31. The topological polar surface area (TPSA) is 58.6 Å². The molecule has 1 saturated heterocycles. The standard InChI is InChI=1S/C19H24N4O2/c1-14-11-23(12-15(2)25-14)13-16-5-7-17(8-6-16)18(24)22(3)19-20-9-4-10-21-19/h4-10,14-15H,11-13H2,1-3H3. The average molecular weight is 340 g/mol. The Morgan fingerprint density at radius 2 is 1.76 bits per heavy atom. The average Bonchev–Trinajstić information content (AvgIpc) is 2.61. The summed E-state index contributed by atoms with van der Waals surface area (Å²) in [5, 5.41) is 0. The first-order valence-corrected chi connectivity index (χ1v) is 8.55. The summed E-state index contributed by atoms with van der Waals surface area (Å²) < 4.78 is 5.77. The fourth-order valence-corrected chi connectivity index (χ4v) is 3.17. The maximum absolute atomic E-state index is 12.6. The number of amides is 1. The zero-order valence-corrected chi connectivity index (χ0v) is 14.9. The largest absolute Gasteiger partial charge is 0.373 e. The number of ether oxygens (including phenoxy) is 1. The van der Waals surface area contributed by atoms with Gasteiger partial charge >= 0.3 is 0 Å². The molecule has 25 heavy (non-hydrogen) atoms. The second-order valence-electron chi connectivity index (χ2n) is 6.56. The molecule has 1 aromatic carbocycles. The summed E-state index contributed by atoms with van der Waals surface area (Å²) in [6, 6.07) is 9.48. The van der Waals surface area contributed by atoms with Crippen LogP contribution in [0.3, 0.4) is 0 Å². The van der Waals surface area contributed by atoms with Gasteiger partial charge in [0.1, 0.15) is 0 Å². The first-order chi connectivity index (χ1) is 12.0. The van der Waals surface area contributed by atoms with E-state index in [2.05, 4.69) is 28.7 Å². The summed E-state index contributed by atoms with van der Waals surface area (Å²) in [5.41, 5.74) is 1.82. The molecule has 0 N–H and O–H groups in total. The van der Waals surface area contributed by atoms with Crippen molar-refractivity contribution in [3.8, 4) is 0 Å². The third kappa shape index (κ3) is 4.41. The van der Waals surface area contributed by atoms with Crippen molar-refractivity contribution in [1.82, 2.24) is 14.9 Å². The number of rotatable bonds is 4. The molecule has 0 aliphatic carbocycles. The van der Waals surface area contributed by atoms with E-state index in [9.17, 15) is 4.79 Å². The summed E-state index contributed by atoms with van der Waals surface area (Å²) in [7, 11) is 1.68. The van der Waals surface area contributed by atoms with E-state index in [-0.39, 0.29) is 18.1 Å². The van der Waals surface area contributed by atoms with E-state index in [1.54, 1.807) is 25.5 Å². The van der Waals surface area contributed by atoms with Crippen molar-refractivity contribution in [1.29, 1.82) is 0 Å². The van der Waals surface area contributed by atoms with Gasteiger partial charge in [-0.05, 0) is 37.6 Å². The number of carbonyl (C=O) groups is 1. The molecule has 0 radical (unpaired) electrons. The predicted octanol–water partition coefficient (Wildman–Crippen LogP) is 2.36. The Kier molecular flexibility index (Phi) is 5.40. The fraction of sp³-hybridized carbons (Fsp3) is 0.421. The SMILES string of the molecule is CC1CN(Cc2ccc(C(=O)N(C)c3ncccn3)cc2)CC(C)O1. The van der Waals surface area contributed by atoms with E-state index in [1.165, 1.54) is 10.5 Å². The van der Waals surface area contributed by atoms with Crippen LogP contribution in [0.5, 0.6) is 0 Å². The second kappa shape index (κ2) is 7.72. The minimum absolute atomic E-state index is 0.119. The van der Waals surface area contributed by atoms with Crippen molar-refractivity contribution in [2.24, 2.45) is 0 Å². The van der Waals surface area contributed by atoms with Gasteiger partial charge < -0.3 is 4.74 Å². The normalized spacial score (nSPS) is 21.1. The molecular formula is C19H24N4O2. The van der Waals surface area contributed by atoms with E-state index < -0.39 is 0 Å². The molecule has 1 fully saturated rings. The molecule has 6 nitrogen and oxygen atoms in total. The van der Waals surface area contributed by atoms with Gasteiger partial charge in [0.05, 0.1) is 12.2 Å². The molecule has 2 heterocycles. The molecular weight excluding hydrogens is 316 g/mol. The Bertz CT molecular complexity index is 695. The molecule has 1 aliphatic rings. The monoisotopic (exact) mass is 340 g/mol. The van der Waals surface area contributed by atoms with Crippen LogP contribution in [0.15, 0.2) is 42.7 Å². The Morgan fingerprint density at radius 1 is 1.16 bits per heavy atom. The molecule has 2 unspecified atom stereocenters. The Labute approximate surface area is 148 Å². The lowest BCUT2D eigenvalue weighted by molar-refractivity contribution is -0.0704. The van der Waals surface area contributed by atoms with Crippen molar-refractivity contribution < 1.29 is 9.53 Å². The van der Waals surface area contributed by atoms with E-state index in [1.807, 2.05) is 24.3 Å². The molecule has 2 atom stereocenters. The first-order valence-electron chi connectivity index (χ1n) is 8.55. The van der Waals surface area contributed by atoms with Gasteiger partial charge in [0, 0.05) is 44.6 Å². The summed E-state index contributed by atoms with van der Waals surface area (Å²) in [5.74, 6) is 0.277. The summed E-state index contributed by atoms with van der Waals surface area (Å²) in [6.07, 6.45) is 3.76. The lowest BCUT2D eigenvalue weighted by atomic mass is 10.1. The van der Waals surface area contributed by atoms with Crippen LogP contribution in [0.25, 0.3) is 0 Å². The van der Waals surface area contributed by atoms with Gasteiger partial charge in [-0.25, -0.2) is 9.97 Å². The van der Waals surface area contributed by atoms with Gasteiger partial charge in [0.15, 0.2) is 0 Å². The molecule has 6 heteroatoms. The molecule has 3 rings (SSSR count). The molecule has 1 aliphatic heterocycles. The third-order valence-electron chi connectivity index (χ3n) is 4.26. The molecule has 1 amide bonds. The first kappa shape index (κ1) is 17.5. The van der Waals surface area contributed by atoms with Gasteiger partial charge in [-0.15, -0.1) is 0 Å². The van der Waals surface area contributed by atoms with Crippen LogP contribution in [0, 0.1) is 0 Å². The highest BCUT2D eigenvalue weighted by Crippen LogP contribution is 2.16. The highest BCUT2D eigenvalue weighted by molar-refractivity contribution is 6.04. The van der Waals surface area contributed by atoms with E-state index in [0.717, 1.165) is 19.6 Å². The van der Waals surface area contributed by atoms with Crippen LogP contribution in [0.4, 0.5) is 5.95 Å². The zero-order valence-electron chi connectivity index (χ0n) is 14.9. The van der Waals surface area contributed by atoms with Crippen molar-refractivity contribution >= 4 is 11.9 Å². The number of morpholine rings is 1. The number of nitrogens with zero attached hydrogens (tertiary/aromatic N) is 4. The minimum atomic E-state index is -0.119. The lowest BCUT2D eigenvalue weighted by Crippen LogP contribution is -2.44.